The van der Waals surface area contributed by atoms with Crippen LogP contribution in [0, 0.1) is 0 Å². The zero-order chi connectivity index (χ0) is 12.5. The third-order valence-corrected chi connectivity index (χ3v) is 3.99. The lowest BCUT2D eigenvalue weighted by molar-refractivity contribution is -0.133. The highest BCUT2D eigenvalue weighted by atomic mass is 16.2. The van der Waals surface area contributed by atoms with Crippen molar-refractivity contribution >= 4 is 11.6 Å². The third-order valence-electron chi connectivity index (χ3n) is 3.99. The molecular weight excluding hydrogens is 224 g/mol. The number of anilines is 1. The average Bonchev–Trinajstić information content (AvgIpc) is 3.23. The lowest BCUT2D eigenvalue weighted by Gasteiger charge is -2.31. The zero-order valence-corrected chi connectivity index (χ0v) is 10.9. The van der Waals surface area contributed by atoms with E-state index >= 15 is 0 Å². The highest BCUT2D eigenvalue weighted by Crippen LogP contribution is 2.35. The van der Waals surface area contributed by atoms with Crippen molar-refractivity contribution < 1.29 is 4.79 Å². The van der Waals surface area contributed by atoms with Gasteiger partial charge in [-0.2, -0.15) is 0 Å². The molecule has 1 aliphatic heterocycles. The van der Waals surface area contributed by atoms with Gasteiger partial charge >= 0.3 is 0 Å². The molecule has 0 radical (unpaired) electrons. The highest BCUT2D eigenvalue weighted by molar-refractivity contribution is 5.86. The van der Waals surface area contributed by atoms with Crippen LogP contribution in [0.1, 0.15) is 37.7 Å². The summed E-state index contributed by atoms with van der Waals surface area (Å²) in [6, 6.07) is 8.73. The van der Waals surface area contributed by atoms with Crippen molar-refractivity contribution in [1.29, 1.82) is 0 Å². The van der Waals surface area contributed by atoms with Crippen LogP contribution in [-0.4, -0.2) is 29.9 Å². The normalized spacial score (nSPS) is 21.9. The Morgan fingerprint density at radius 3 is 2.83 bits per heavy atom. The zero-order valence-electron chi connectivity index (χ0n) is 10.9. The summed E-state index contributed by atoms with van der Waals surface area (Å²) in [5.41, 5.74) is 2.31. The van der Waals surface area contributed by atoms with Gasteiger partial charge in [0, 0.05) is 24.8 Å². The first-order valence-electron chi connectivity index (χ1n) is 6.94. The summed E-state index contributed by atoms with van der Waals surface area (Å²) in [4.78, 5) is 14.7. The summed E-state index contributed by atoms with van der Waals surface area (Å²) in [5.74, 6) is 0.386. The summed E-state index contributed by atoms with van der Waals surface area (Å²) in [7, 11) is 0. The van der Waals surface area contributed by atoms with Crippen LogP contribution in [0.5, 0.6) is 0 Å². The number of rotatable bonds is 3. The largest absolute Gasteiger partial charge is 0.385 e. The number of amides is 1. The van der Waals surface area contributed by atoms with Crippen molar-refractivity contribution in [3.8, 4) is 0 Å². The van der Waals surface area contributed by atoms with E-state index in [0.29, 0.717) is 11.9 Å². The van der Waals surface area contributed by atoms with Gasteiger partial charge in [0.1, 0.15) is 0 Å². The van der Waals surface area contributed by atoms with E-state index in [1.807, 2.05) is 12.1 Å². The minimum Gasteiger partial charge on any atom is -0.385 e. The number of carbonyl (C=O) groups is 1. The topological polar surface area (TPSA) is 32.3 Å². The van der Waals surface area contributed by atoms with Gasteiger partial charge in [-0.05, 0) is 37.8 Å². The monoisotopic (exact) mass is 244 g/mol. The minimum absolute atomic E-state index is 0.0583. The Bertz CT molecular complexity index is 454. The fraction of sp³-hybridized carbons (Fsp3) is 0.533. The standard InChI is InChI=1S/C15H20N2O/c1-2-17(11-7-8-11)15(18)13-9-10-16-14-6-4-3-5-12(13)14/h3-6,11,13,16H,2,7-10H2,1H3. The molecule has 3 rings (SSSR count). The molecule has 1 aromatic carbocycles. The van der Waals surface area contributed by atoms with Gasteiger partial charge in [-0.25, -0.2) is 0 Å². The van der Waals surface area contributed by atoms with E-state index in [4.69, 9.17) is 0 Å². The van der Waals surface area contributed by atoms with Gasteiger partial charge in [-0.15, -0.1) is 0 Å². The molecule has 3 nitrogen and oxygen atoms in total. The van der Waals surface area contributed by atoms with Crippen LogP contribution in [-0.2, 0) is 4.79 Å². The number of carbonyl (C=O) groups excluding carboxylic acids is 1. The molecule has 1 N–H and O–H groups in total. The van der Waals surface area contributed by atoms with Gasteiger partial charge in [-0.3, -0.25) is 4.79 Å². The highest BCUT2D eigenvalue weighted by Gasteiger charge is 2.36. The first-order valence-corrected chi connectivity index (χ1v) is 6.94. The third kappa shape index (κ3) is 1.98. The molecule has 1 fully saturated rings. The predicted octanol–water partition coefficient (Wildman–Crippen LogP) is 2.60. The van der Waals surface area contributed by atoms with Crippen molar-refractivity contribution in [1.82, 2.24) is 4.90 Å². The minimum atomic E-state index is 0.0583. The van der Waals surface area contributed by atoms with E-state index in [1.165, 1.54) is 18.4 Å². The number of likely N-dealkylation sites (N-methyl/N-ethyl adjacent to an activating group) is 1. The van der Waals surface area contributed by atoms with Crippen LogP contribution in [0.25, 0.3) is 0 Å². The Labute approximate surface area is 108 Å². The Balaban J connectivity index is 1.86. The SMILES string of the molecule is CCN(C(=O)C1CCNc2ccccc21)C1CC1. The van der Waals surface area contributed by atoms with Crippen LogP contribution in [0.15, 0.2) is 24.3 Å². The molecule has 0 saturated heterocycles. The van der Waals surface area contributed by atoms with Gasteiger partial charge < -0.3 is 10.2 Å². The first kappa shape index (κ1) is 11.6. The summed E-state index contributed by atoms with van der Waals surface area (Å²) in [5, 5.41) is 3.38. The number of hydrogen-bond donors (Lipinski definition) is 1. The van der Waals surface area contributed by atoms with Crippen molar-refractivity contribution in [2.24, 2.45) is 0 Å². The molecular formula is C15H20N2O. The maximum Gasteiger partial charge on any atom is 0.230 e. The maximum atomic E-state index is 12.7. The number of hydrogen-bond acceptors (Lipinski definition) is 2. The van der Waals surface area contributed by atoms with E-state index in [2.05, 4.69) is 29.3 Å². The van der Waals surface area contributed by atoms with Crippen molar-refractivity contribution in [3.05, 3.63) is 29.8 Å². The number of nitrogens with one attached hydrogen (secondary N) is 1. The second kappa shape index (κ2) is 4.63. The summed E-state index contributed by atoms with van der Waals surface area (Å²) in [6.45, 7) is 3.83. The second-order valence-corrected chi connectivity index (χ2v) is 5.21. The lowest BCUT2D eigenvalue weighted by atomic mass is 9.89. The fourth-order valence-electron chi connectivity index (χ4n) is 2.91. The Morgan fingerprint density at radius 2 is 2.11 bits per heavy atom. The maximum absolute atomic E-state index is 12.7. The molecule has 1 saturated carbocycles. The summed E-state index contributed by atoms with van der Waals surface area (Å²) >= 11 is 0. The molecule has 0 aromatic heterocycles. The average molecular weight is 244 g/mol. The van der Waals surface area contributed by atoms with Crippen LogP contribution in [0.4, 0.5) is 5.69 Å². The Morgan fingerprint density at radius 1 is 1.33 bits per heavy atom. The van der Waals surface area contributed by atoms with Crippen LogP contribution in [0.3, 0.4) is 0 Å². The van der Waals surface area contributed by atoms with E-state index in [0.717, 1.165) is 25.2 Å². The molecule has 3 heteroatoms. The molecule has 96 valence electrons. The summed E-state index contributed by atoms with van der Waals surface area (Å²) in [6.07, 6.45) is 3.29. The lowest BCUT2D eigenvalue weighted by Crippen LogP contribution is -2.38. The van der Waals surface area contributed by atoms with Crippen LogP contribution < -0.4 is 5.32 Å². The van der Waals surface area contributed by atoms with E-state index < -0.39 is 0 Å². The number of para-hydroxylation sites is 1. The van der Waals surface area contributed by atoms with Crippen molar-refractivity contribution in [2.75, 3.05) is 18.4 Å². The molecule has 0 bridgehead atoms. The van der Waals surface area contributed by atoms with E-state index in [9.17, 15) is 4.79 Å². The molecule has 1 atom stereocenters. The molecule has 1 aromatic rings. The Hall–Kier alpha value is -1.51. The first-order chi connectivity index (χ1) is 8.81. The molecule has 1 amide bonds. The fourth-order valence-corrected chi connectivity index (χ4v) is 2.91. The van der Waals surface area contributed by atoms with Gasteiger partial charge in [-0.1, -0.05) is 18.2 Å². The molecule has 0 spiro atoms. The van der Waals surface area contributed by atoms with Crippen molar-refractivity contribution in [2.45, 2.75) is 38.1 Å². The molecule has 1 unspecified atom stereocenters. The quantitative estimate of drug-likeness (QED) is 0.886. The Kier molecular flexibility index (Phi) is 2.98. The predicted molar refractivity (Wildman–Crippen MR) is 72.7 cm³/mol. The number of fused-ring (bicyclic) bond motifs is 1. The van der Waals surface area contributed by atoms with Crippen LogP contribution in [0.2, 0.25) is 0 Å². The molecule has 1 aliphatic carbocycles. The van der Waals surface area contributed by atoms with Crippen molar-refractivity contribution in [3.63, 3.8) is 0 Å². The van der Waals surface area contributed by atoms with E-state index in [1.54, 1.807) is 0 Å². The van der Waals surface area contributed by atoms with Crippen LogP contribution >= 0.6 is 0 Å². The van der Waals surface area contributed by atoms with Gasteiger partial charge in [0.05, 0.1) is 5.92 Å². The van der Waals surface area contributed by atoms with E-state index in [-0.39, 0.29) is 5.92 Å². The van der Waals surface area contributed by atoms with Gasteiger partial charge in [0.25, 0.3) is 0 Å². The number of benzene rings is 1. The smallest absolute Gasteiger partial charge is 0.230 e. The second-order valence-electron chi connectivity index (χ2n) is 5.21. The molecule has 2 aliphatic rings. The molecule has 1 heterocycles. The van der Waals surface area contributed by atoms with Gasteiger partial charge in [0.2, 0.25) is 5.91 Å². The summed E-state index contributed by atoms with van der Waals surface area (Å²) < 4.78 is 0. The van der Waals surface area contributed by atoms with Gasteiger partial charge in [0.15, 0.2) is 0 Å². The molecule has 18 heavy (non-hydrogen) atoms. The number of nitrogens with zero attached hydrogens (tertiary/aromatic N) is 1.